The molecule has 1 saturated carbocycles. The minimum Gasteiger partial charge on any atom is -0.356 e. The summed E-state index contributed by atoms with van der Waals surface area (Å²) >= 11 is 0. The van der Waals surface area contributed by atoms with E-state index in [1.54, 1.807) is 7.05 Å². The van der Waals surface area contributed by atoms with E-state index < -0.39 is 9.84 Å². The van der Waals surface area contributed by atoms with Gasteiger partial charge in [-0.25, -0.2) is 8.42 Å². The molecule has 1 N–H and O–H groups in total. The Balaban J connectivity index is 0.00000200. The van der Waals surface area contributed by atoms with Gasteiger partial charge in [-0.3, -0.25) is 4.99 Å². The van der Waals surface area contributed by atoms with Crippen molar-refractivity contribution in [2.24, 2.45) is 10.4 Å². The maximum atomic E-state index is 11.1. The van der Waals surface area contributed by atoms with E-state index in [-0.39, 0.29) is 29.7 Å². The minimum absolute atomic E-state index is 0. The molecule has 7 heteroatoms. The predicted molar refractivity (Wildman–Crippen MR) is 93.6 cm³/mol. The highest BCUT2D eigenvalue weighted by Crippen LogP contribution is 2.47. The van der Waals surface area contributed by atoms with Crippen LogP contribution in [0.4, 0.5) is 0 Å². The van der Waals surface area contributed by atoms with E-state index in [1.165, 1.54) is 31.9 Å². The van der Waals surface area contributed by atoms with Crippen LogP contribution in [0.2, 0.25) is 0 Å². The van der Waals surface area contributed by atoms with E-state index in [9.17, 15) is 8.42 Å². The fourth-order valence-corrected chi connectivity index (χ4v) is 3.74. The van der Waals surface area contributed by atoms with Gasteiger partial charge in [0.2, 0.25) is 0 Å². The number of likely N-dealkylation sites (tertiary alicyclic amines) is 1. The standard InChI is InChI=1S/C13H25N3O2S.HI/c1-14-12(15-8-4-10-19(2,17)18)16-9-7-13(11-16)5-3-6-13;/h3-11H2,1-2H3,(H,14,15);1H. The average Bonchev–Trinajstić information content (AvgIpc) is 2.72. The molecule has 2 fully saturated rings. The number of sulfone groups is 1. The van der Waals surface area contributed by atoms with Crippen molar-refractivity contribution < 1.29 is 8.42 Å². The fourth-order valence-electron chi connectivity index (χ4n) is 3.07. The van der Waals surface area contributed by atoms with E-state index in [0.29, 0.717) is 18.4 Å². The Morgan fingerprint density at radius 1 is 1.35 bits per heavy atom. The summed E-state index contributed by atoms with van der Waals surface area (Å²) < 4.78 is 22.1. The number of rotatable bonds is 4. The quantitative estimate of drug-likeness (QED) is 0.327. The summed E-state index contributed by atoms with van der Waals surface area (Å²) in [7, 11) is -1.06. The normalized spacial score (nSPS) is 21.5. The monoisotopic (exact) mass is 415 g/mol. The zero-order valence-electron chi connectivity index (χ0n) is 12.4. The molecule has 5 nitrogen and oxygen atoms in total. The van der Waals surface area contributed by atoms with Crippen LogP contribution in [-0.2, 0) is 9.84 Å². The molecular weight excluding hydrogens is 389 g/mol. The Bertz CT molecular complexity index is 447. The van der Waals surface area contributed by atoms with Crippen LogP contribution in [0.15, 0.2) is 4.99 Å². The molecule has 0 bridgehead atoms. The molecule has 0 aromatic heterocycles. The number of hydrogen-bond donors (Lipinski definition) is 1. The van der Waals surface area contributed by atoms with E-state index in [2.05, 4.69) is 15.2 Å². The van der Waals surface area contributed by atoms with Crippen molar-refractivity contribution in [2.75, 3.05) is 38.7 Å². The first kappa shape index (κ1) is 18.0. The summed E-state index contributed by atoms with van der Waals surface area (Å²) in [5.74, 6) is 1.17. The zero-order valence-corrected chi connectivity index (χ0v) is 15.5. The maximum Gasteiger partial charge on any atom is 0.193 e. The molecule has 0 radical (unpaired) electrons. The molecule has 0 atom stereocenters. The van der Waals surface area contributed by atoms with Crippen LogP contribution in [0.1, 0.15) is 32.1 Å². The van der Waals surface area contributed by atoms with Gasteiger partial charge in [0.05, 0.1) is 5.75 Å². The number of nitrogens with one attached hydrogen (secondary N) is 1. The number of guanidine groups is 1. The summed E-state index contributed by atoms with van der Waals surface area (Å²) in [6.45, 7) is 2.85. The van der Waals surface area contributed by atoms with Crippen molar-refractivity contribution in [3.63, 3.8) is 0 Å². The molecule has 20 heavy (non-hydrogen) atoms. The van der Waals surface area contributed by atoms with Crippen LogP contribution in [0.25, 0.3) is 0 Å². The van der Waals surface area contributed by atoms with E-state index in [1.807, 2.05) is 0 Å². The van der Waals surface area contributed by atoms with Gasteiger partial charge in [0, 0.05) is 32.9 Å². The third-order valence-corrected chi connectivity index (χ3v) is 5.37. The summed E-state index contributed by atoms with van der Waals surface area (Å²) in [6.07, 6.45) is 7.27. The highest BCUT2D eigenvalue weighted by Gasteiger charge is 2.43. The summed E-state index contributed by atoms with van der Waals surface area (Å²) in [5.41, 5.74) is 0.560. The summed E-state index contributed by atoms with van der Waals surface area (Å²) in [4.78, 5) is 6.63. The highest BCUT2D eigenvalue weighted by molar-refractivity contribution is 14.0. The molecule has 2 aliphatic rings. The predicted octanol–water partition coefficient (Wildman–Crippen LogP) is 1.49. The third-order valence-electron chi connectivity index (χ3n) is 4.34. The van der Waals surface area contributed by atoms with E-state index in [0.717, 1.165) is 19.0 Å². The van der Waals surface area contributed by atoms with Gasteiger partial charge in [-0.15, -0.1) is 24.0 Å². The van der Waals surface area contributed by atoms with Crippen molar-refractivity contribution in [2.45, 2.75) is 32.1 Å². The Hall–Kier alpha value is -0.0500. The molecular formula is C13H26IN3O2S. The molecule has 0 unspecified atom stereocenters. The molecule has 1 heterocycles. The second-order valence-electron chi connectivity index (χ2n) is 5.98. The van der Waals surface area contributed by atoms with Gasteiger partial charge < -0.3 is 10.2 Å². The molecule has 2 rings (SSSR count). The number of aliphatic imine (C=N–C) groups is 1. The van der Waals surface area contributed by atoms with Crippen molar-refractivity contribution in [3.05, 3.63) is 0 Å². The fraction of sp³-hybridized carbons (Fsp3) is 0.923. The first-order valence-electron chi connectivity index (χ1n) is 7.07. The summed E-state index contributed by atoms with van der Waals surface area (Å²) in [6, 6.07) is 0. The first-order valence-corrected chi connectivity index (χ1v) is 9.14. The molecule has 0 amide bonds. The Labute approximate surface area is 139 Å². The number of halogens is 1. The molecule has 118 valence electrons. The van der Waals surface area contributed by atoms with Gasteiger partial charge in [0.15, 0.2) is 5.96 Å². The van der Waals surface area contributed by atoms with Gasteiger partial charge in [-0.05, 0) is 31.1 Å². The highest BCUT2D eigenvalue weighted by atomic mass is 127. The average molecular weight is 415 g/mol. The molecule has 0 aromatic carbocycles. The second-order valence-corrected chi connectivity index (χ2v) is 8.24. The molecule has 1 spiro atoms. The van der Waals surface area contributed by atoms with Crippen LogP contribution < -0.4 is 5.32 Å². The molecule has 1 saturated heterocycles. The lowest BCUT2D eigenvalue weighted by Crippen LogP contribution is -2.43. The number of hydrogen-bond acceptors (Lipinski definition) is 3. The van der Waals surface area contributed by atoms with Crippen LogP contribution in [0, 0.1) is 5.41 Å². The Kier molecular flexibility index (Phi) is 6.56. The lowest BCUT2D eigenvalue weighted by atomic mass is 9.68. The molecule has 1 aliphatic heterocycles. The van der Waals surface area contributed by atoms with Crippen LogP contribution in [0.3, 0.4) is 0 Å². The van der Waals surface area contributed by atoms with Crippen LogP contribution >= 0.6 is 24.0 Å². The smallest absolute Gasteiger partial charge is 0.193 e. The van der Waals surface area contributed by atoms with E-state index in [4.69, 9.17) is 0 Å². The molecule has 1 aliphatic carbocycles. The topological polar surface area (TPSA) is 61.8 Å². The van der Waals surface area contributed by atoms with Gasteiger partial charge in [0.25, 0.3) is 0 Å². The van der Waals surface area contributed by atoms with Crippen molar-refractivity contribution in [1.82, 2.24) is 10.2 Å². The SMILES string of the molecule is CN=C(NCCCS(C)(=O)=O)N1CCC2(CCC2)C1.I. The van der Waals surface area contributed by atoms with Crippen LogP contribution in [-0.4, -0.2) is 58.0 Å². The minimum atomic E-state index is -2.85. The van der Waals surface area contributed by atoms with E-state index >= 15 is 0 Å². The third kappa shape index (κ3) is 4.75. The van der Waals surface area contributed by atoms with Crippen molar-refractivity contribution >= 4 is 39.8 Å². The first-order chi connectivity index (χ1) is 8.94. The second kappa shape index (κ2) is 7.29. The lowest BCUT2D eigenvalue weighted by Gasteiger charge is -2.38. The maximum absolute atomic E-state index is 11.1. The summed E-state index contributed by atoms with van der Waals surface area (Å²) in [5, 5.41) is 3.28. The van der Waals surface area contributed by atoms with Crippen molar-refractivity contribution in [3.8, 4) is 0 Å². The van der Waals surface area contributed by atoms with Gasteiger partial charge in [0.1, 0.15) is 9.84 Å². The lowest BCUT2D eigenvalue weighted by molar-refractivity contribution is 0.151. The largest absolute Gasteiger partial charge is 0.356 e. The zero-order chi connectivity index (χ0) is 13.9. The van der Waals surface area contributed by atoms with Crippen molar-refractivity contribution in [1.29, 1.82) is 0 Å². The van der Waals surface area contributed by atoms with Crippen LogP contribution in [0.5, 0.6) is 0 Å². The Morgan fingerprint density at radius 2 is 2.05 bits per heavy atom. The van der Waals surface area contributed by atoms with Gasteiger partial charge in [-0.2, -0.15) is 0 Å². The Morgan fingerprint density at radius 3 is 2.50 bits per heavy atom. The van der Waals surface area contributed by atoms with Gasteiger partial charge >= 0.3 is 0 Å². The molecule has 0 aromatic rings. The van der Waals surface area contributed by atoms with Gasteiger partial charge in [-0.1, -0.05) is 6.42 Å². The number of nitrogens with zero attached hydrogens (tertiary/aromatic N) is 2.